The van der Waals surface area contributed by atoms with Crippen LogP contribution in [0.15, 0.2) is 42.5 Å². The minimum atomic E-state index is -0.480. The third kappa shape index (κ3) is 3.81. The van der Waals surface area contributed by atoms with Gasteiger partial charge in [0.1, 0.15) is 0 Å². The number of benzene rings is 2. The molecule has 110 valence electrons. The van der Waals surface area contributed by atoms with Crippen LogP contribution >= 0.6 is 0 Å². The Morgan fingerprint density at radius 2 is 1.86 bits per heavy atom. The lowest BCUT2D eigenvalue weighted by Crippen LogP contribution is -2.35. The molecule has 1 N–H and O–H groups in total. The van der Waals surface area contributed by atoms with Gasteiger partial charge in [0.15, 0.2) is 6.61 Å². The van der Waals surface area contributed by atoms with Gasteiger partial charge in [-0.25, -0.2) is 4.79 Å². The van der Waals surface area contributed by atoms with Crippen molar-refractivity contribution in [3.05, 3.63) is 48.0 Å². The van der Waals surface area contributed by atoms with Crippen LogP contribution in [-0.2, 0) is 9.53 Å². The van der Waals surface area contributed by atoms with Gasteiger partial charge in [-0.2, -0.15) is 0 Å². The zero-order valence-electron chi connectivity index (χ0n) is 12.3. The third-order valence-corrected chi connectivity index (χ3v) is 3.36. The molecule has 4 nitrogen and oxygen atoms in total. The summed E-state index contributed by atoms with van der Waals surface area (Å²) in [6.07, 6.45) is 0.836. The van der Waals surface area contributed by atoms with Crippen molar-refractivity contribution in [2.24, 2.45) is 0 Å². The summed E-state index contributed by atoms with van der Waals surface area (Å²) in [5, 5.41) is 4.55. The number of carbonyl (C=O) groups excluding carboxylic acids is 2. The predicted octanol–water partition coefficient (Wildman–Crippen LogP) is 2.91. The molecule has 0 aliphatic rings. The molecular weight excluding hydrogens is 266 g/mol. The lowest BCUT2D eigenvalue weighted by atomic mass is 10.1. The second-order valence-corrected chi connectivity index (χ2v) is 4.98. The molecule has 0 radical (unpaired) electrons. The fourth-order valence-electron chi connectivity index (χ4n) is 2.03. The van der Waals surface area contributed by atoms with Crippen molar-refractivity contribution in [3.63, 3.8) is 0 Å². The van der Waals surface area contributed by atoms with Gasteiger partial charge in [-0.3, -0.25) is 4.79 Å². The predicted molar refractivity (Wildman–Crippen MR) is 82.1 cm³/mol. The quantitative estimate of drug-likeness (QED) is 0.859. The van der Waals surface area contributed by atoms with Crippen molar-refractivity contribution in [3.8, 4) is 0 Å². The van der Waals surface area contributed by atoms with Gasteiger partial charge >= 0.3 is 5.97 Å². The van der Waals surface area contributed by atoms with Gasteiger partial charge in [0.25, 0.3) is 5.91 Å². The number of nitrogens with one attached hydrogen (secondary N) is 1. The molecule has 4 heteroatoms. The van der Waals surface area contributed by atoms with Crippen molar-refractivity contribution >= 4 is 22.6 Å². The highest BCUT2D eigenvalue weighted by Crippen LogP contribution is 2.19. The summed E-state index contributed by atoms with van der Waals surface area (Å²) in [7, 11) is 0. The summed E-state index contributed by atoms with van der Waals surface area (Å²) < 4.78 is 5.09. The first-order valence-electron chi connectivity index (χ1n) is 7.06. The molecule has 21 heavy (non-hydrogen) atoms. The Kier molecular flexibility index (Phi) is 4.93. The normalized spacial score (nSPS) is 11.9. The maximum absolute atomic E-state index is 12.1. The van der Waals surface area contributed by atoms with Crippen LogP contribution in [-0.4, -0.2) is 24.5 Å². The summed E-state index contributed by atoms with van der Waals surface area (Å²) >= 11 is 0. The molecule has 0 aliphatic carbocycles. The van der Waals surface area contributed by atoms with Crippen LogP contribution in [0.25, 0.3) is 10.8 Å². The van der Waals surface area contributed by atoms with E-state index in [0.717, 1.165) is 17.2 Å². The second kappa shape index (κ2) is 6.88. The van der Waals surface area contributed by atoms with Crippen LogP contribution in [0.2, 0.25) is 0 Å². The zero-order chi connectivity index (χ0) is 15.2. The van der Waals surface area contributed by atoms with Gasteiger partial charge in [-0.1, -0.05) is 43.3 Å². The minimum Gasteiger partial charge on any atom is -0.452 e. The molecule has 0 bridgehead atoms. The van der Waals surface area contributed by atoms with E-state index in [0.29, 0.717) is 5.56 Å². The highest BCUT2D eigenvalue weighted by Gasteiger charge is 2.13. The van der Waals surface area contributed by atoms with Crippen molar-refractivity contribution in [1.29, 1.82) is 0 Å². The summed E-state index contributed by atoms with van der Waals surface area (Å²) in [4.78, 5) is 23.7. The highest BCUT2D eigenvalue weighted by atomic mass is 16.5. The molecule has 2 aromatic carbocycles. The van der Waals surface area contributed by atoms with Gasteiger partial charge in [-0.15, -0.1) is 0 Å². The van der Waals surface area contributed by atoms with Gasteiger partial charge in [0, 0.05) is 6.04 Å². The van der Waals surface area contributed by atoms with Crippen LogP contribution in [0, 0.1) is 0 Å². The van der Waals surface area contributed by atoms with E-state index in [4.69, 9.17) is 4.74 Å². The maximum Gasteiger partial charge on any atom is 0.339 e. The smallest absolute Gasteiger partial charge is 0.339 e. The lowest BCUT2D eigenvalue weighted by Gasteiger charge is -2.12. The van der Waals surface area contributed by atoms with Crippen molar-refractivity contribution in [1.82, 2.24) is 5.32 Å². The largest absolute Gasteiger partial charge is 0.452 e. The average molecular weight is 285 g/mol. The lowest BCUT2D eigenvalue weighted by molar-refractivity contribution is -0.124. The monoisotopic (exact) mass is 285 g/mol. The summed E-state index contributed by atoms with van der Waals surface area (Å²) in [5.74, 6) is -0.760. The Labute approximate surface area is 124 Å². The number of esters is 1. The van der Waals surface area contributed by atoms with E-state index < -0.39 is 5.97 Å². The molecule has 0 aliphatic heterocycles. The van der Waals surface area contributed by atoms with Crippen molar-refractivity contribution in [2.75, 3.05) is 6.61 Å². The van der Waals surface area contributed by atoms with E-state index in [-0.39, 0.29) is 18.6 Å². The number of hydrogen-bond donors (Lipinski definition) is 1. The molecule has 0 unspecified atom stereocenters. The topological polar surface area (TPSA) is 55.4 Å². The SMILES string of the molecule is CC[C@@H](C)NC(=O)COC(=O)c1cccc2ccccc12. The minimum absolute atomic E-state index is 0.0776. The number of carbonyl (C=O) groups is 2. The first-order valence-corrected chi connectivity index (χ1v) is 7.06. The molecule has 0 spiro atoms. The molecule has 1 atom stereocenters. The number of ether oxygens (including phenoxy) is 1. The van der Waals surface area contributed by atoms with Gasteiger partial charge in [0.05, 0.1) is 5.56 Å². The standard InChI is InChI=1S/C17H19NO3/c1-3-12(2)18-16(19)11-21-17(20)15-10-6-8-13-7-4-5-9-14(13)15/h4-10,12H,3,11H2,1-2H3,(H,18,19)/t12-/m1/s1. The molecule has 2 rings (SSSR count). The number of hydrogen-bond acceptors (Lipinski definition) is 3. The number of amides is 1. The molecule has 0 saturated heterocycles. The molecule has 1 amide bonds. The van der Waals surface area contributed by atoms with Gasteiger partial charge in [-0.05, 0) is 30.2 Å². The van der Waals surface area contributed by atoms with E-state index in [1.165, 1.54) is 0 Å². The van der Waals surface area contributed by atoms with Crippen LogP contribution < -0.4 is 5.32 Å². The molecule has 0 heterocycles. The molecule has 0 aromatic heterocycles. The van der Waals surface area contributed by atoms with Crippen molar-refractivity contribution < 1.29 is 14.3 Å². The highest BCUT2D eigenvalue weighted by molar-refractivity contribution is 6.04. The Hall–Kier alpha value is -2.36. The first-order chi connectivity index (χ1) is 10.1. The Bertz CT molecular complexity index is 646. The van der Waals surface area contributed by atoms with Gasteiger partial charge < -0.3 is 10.1 Å². The molecule has 0 saturated carbocycles. The van der Waals surface area contributed by atoms with Crippen LogP contribution in [0.1, 0.15) is 30.6 Å². The van der Waals surface area contributed by atoms with Crippen molar-refractivity contribution in [2.45, 2.75) is 26.3 Å². The van der Waals surface area contributed by atoms with Gasteiger partial charge in [0.2, 0.25) is 0 Å². The fraction of sp³-hybridized carbons (Fsp3) is 0.294. The van der Waals surface area contributed by atoms with E-state index in [1.54, 1.807) is 12.1 Å². The number of fused-ring (bicyclic) bond motifs is 1. The second-order valence-electron chi connectivity index (χ2n) is 4.98. The third-order valence-electron chi connectivity index (χ3n) is 3.36. The number of rotatable bonds is 5. The summed E-state index contributed by atoms with van der Waals surface area (Å²) in [5.41, 5.74) is 0.476. The fourth-order valence-corrected chi connectivity index (χ4v) is 2.03. The van der Waals surface area contributed by atoms with Crippen LogP contribution in [0.4, 0.5) is 0 Å². The first kappa shape index (κ1) is 15.0. The van der Waals surface area contributed by atoms with Crippen LogP contribution in [0.3, 0.4) is 0 Å². The summed E-state index contributed by atoms with van der Waals surface area (Å²) in [6.45, 7) is 3.63. The Morgan fingerprint density at radius 1 is 1.14 bits per heavy atom. The molecule has 2 aromatic rings. The van der Waals surface area contributed by atoms with E-state index in [1.807, 2.05) is 44.2 Å². The Morgan fingerprint density at radius 3 is 2.62 bits per heavy atom. The average Bonchev–Trinajstić information content (AvgIpc) is 2.51. The zero-order valence-corrected chi connectivity index (χ0v) is 12.3. The van der Waals surface area contributed by atoms with E-state index in [9.17, 15) is 9.59 Å². The van der Waals surface area contributed by atoms with Crippen LogP contribution in [0.5, 0.6) is 0 Å². The Balaban J connectivity index is 2.04. The maximum atomic E-state index is 12.1. The van der Waals surface area contributed by atoms with E-state index >= 15 is 0 Å². The molecular formula is C17H19NO3. The molecule has 0 fully saturated rings. The summed E-state index contributed by atoms with van der Waals surface area (Å²) in [6, 6.07) is 13.1. The van der Waals surface area contributed by atoms with E-state index in [2.05, 4.69) is 5.32 Å².